The standard InChI is InChI=1S/C31H49ClO4/c1-21(33)36-31(4)18-15-25-27-23(12-10-8-6-5-7-9-11-19-32)28(35)26-20-22(34)13-16-29(26,2)24(27)14-17-30(25,31)3/h20,23-25,27-28,35H,5-19H2,1-4H3/t23-,24?,25?,27?,28+,29+,30-,31-/m0/s1. The number of aliphatic hydroxyl groups excluding tert-OH is 1. The number of unbranched alkanes of at least 4 members (excludes halogenated alkanes) is 6. The first-order valence-corrected chi connectivity index (χ1v) is 15.3. The van der Waals surface area contributed by atoms with Gasteiger partial charge >= 0.3 is 5.97 Å². The van der Waals surface area contributed by atoms with Gasteiger partial charge in [-0.15, -0.1) is 11.6 Å². The molecule has 0 aromatic rings. The number of alkyl halides is 1. The van der Waals surface area contributed by atoms with Gasteiger partial charge in [0.1, 0.15) is 5.60 Å². The Morgan fingerprint density at radius 2 is 1.64 bits per heavy atom. The van der Waals surface area contributed by atoms with E-state index in [1.165, 1.54) is 39.0 Å². The second kappa shape index (κ2) is 11.1. The average molecular weight is 521 g/mol. The lowest BCUT2D eigenvalue weighted by Crippen LogP contribution is -2.60. The molecule has 0 aliphatic heterocycles. The molecule has 4 aliphatic carbocycles. The van der Waals surface area contributed by atoms with Crippen LogP contribution in [-0.2, 0) is 14.3 Å². The van der Waals surface area contributed by atoms with Crippen LogP contribution in [-0.4, -0.2) is 34.4 Å². The van der Waals surface area contributed by atoms with Gasteiger partial charge in [0.25, 0.3) is 0 Å². The van der Waals surface area contributed by atoms with Gasteiger partial charge < -0.3 is 9.84 Å². The molecule has 4 aliphatic rings. The van der Waals surface area contributed by atoms with Crippen molar-refractivity contribution in [2.24, 2.45) is 34.5 Å². The molecule has 3 fully saturated rings. The summed E-state index contributed by atoms with van der Waals surface area (Å²) in [4.78, 5) is 24.5. The number of carbonyl (C=O) groups excluding carboxylic acids is 2. The molecule has 204 valence electrons. The molecule has 3 saturated carbocycles. The van der Waals surface area contributed by atoms with Crippen LogP contribution in [0.3, 0.4) is 0 Å². The summed E-state index contributed by atoms with van der Waals surface area (Å²) < 4.78 is 6.05. The number of halogens is 1. The van der Waals surface area contributed by atoms with Crippen LogP contribution in [0.4, 0.5) is 0 Å². The molecule has 0 radical (unpaired) electrons. The van der Waals surface area contributed by atoms with Crippen molar-refractivity contribution in [3.8, 4) is 0 Å². The third-order valence-electron chi connectivity index (χ3n) is 11.3. The number of rotatable bonds is 10. The molecule has 0 saturated heterocycles. The lowest BCUT2D eigenvalue weighted by molar-refractivity contribution is -0.185. The minimum atomic E-state index is -0.535. The smallest absolute Gasteiger partial charge is 0.303 e. The third-order valence-corrected chi connectivity index (χ3v) is 11.6. The second-order valence-corrected chi connectivity index (χ2v) is 13.5. The van der Waals surface area contributed by atoms with Gasteiger partial charge in [-0.3, -0.25) is 9.59 Å². The lowest BCUT2D eigenvalue weighted by Gasteiger charge is -2.62. The van der Waals surface area contributed by atoms with E-state index >= 15 is 0 Å². The van der Waals surface area contributed by atoms with E-state index in [1.807, 2.05) is 6.08 Å². The van der Waals surface area contributed by atoms with Crippen molar-refractivity contribution in [1.82, 2.24) is 0 Å². The molecule has 0 aromatic carbocycles. The van der Waals surface area contributed by atoms with Crippen molar-refractivity contribution in [1.29, 1.82) is 0 Å². The third kappa shape index (κ3) is 4.95. The molecule has 0 heterocycles. The van der Waals surface area contributed by atoms with E-state index < -0.39 is 11.7 Å². The molecule has 0 spiro atoms. The maximum Gasteiger partial charge on any atom is 0.303 e. The van der Waals surface area contributed by atoms with Crippen molar-refractivity contribution in [2.45, 2.75) is 129 Å². The molecule has 8 atom stereocenters. The number of ether oxygens (including phenoxy) is 1. The van der Waals surface area contributed by atoms with Gasteiger partial charge in [-0.2, -0.15) is 0 Å². The van der Waals surface area contributed by atoms with Gasteiger partial charge in [-0.1, -0.05) is 52.4 Å². The normalized spacial score (nSPS) is 41.8. The summed E-state index contributed by atoms with van der Waals surface area (Å²) in [6.45, 7) is 8.37. The van der Waals surface area contributed by atoms with Crippen LogP contribution in [0.5, 0.6) is 0 Å². The summed E-state index contributed by atoms with van der Waals surface area (Å²) >= 11 is 5.80. The summed E-state index contributed by atoms with van der Waals surface area (Å²) in [5.41, 5.74) is 0.420. The fourth-order valence-corrected chi connectivity index (χ4v) is 9.35. The Hall–Kier alpha value is -0.870. The summed E-state index contributed by atoms with van der Waals surface area (Å²) in [5.74, 6) is 2.27. The minimum absolute atomic E-state index is 0.0672. The predicted octanol–water partition coefficient (Wildman–Crippen LogP) is 7.40. The molecule has 0 amide bonds. The largest absolute Gasteiger partial charge is 0.459 e. The van der Waals surface area contributed by atoms with E-state index in [9.17, 15) is 14.7 Å². The van der Waals surface area contributed by atoms with Crippen LogP contribution in [0.2, 0.25) is 0 Å². The summed E-state index contributed by atoms with van der Waals surface area (Å²) in [6, 6.07) is 0. The van der Waals surface area contributed by atoms with E-state index in [0.717, 1.165) is 62.8 Å². The lowest BCUT2D eigenvalue weighted by atomic mass is 9.43. The van der Waals surface area contributed by atoms with Crippen molar-refractivity contribution < 1.29 is 19.4 Å². The van der Waals surface area contributed by atoms with Gasteiger partial charge in [-0.25, -0.2) is 0 Å². The highest BCUT2D eigenvalue weighted by atomic mass is 35.5. The number of carbonyl (C=O) groups is 2. The summed E-state index contributed by atoms with van der Waals surface area (Å²) in [7, 11) is 0. The SMILES string of the molecule is CC(=O)O[C@@]1(C)CCC2C3C(CC[C@@]21C)[C@@]1(C)CCC(=O)C=C1[C@H](O)[C@H]3CCCCCCCCCCl. The molecule has 4 nitrogen and oxygen atoms in total. The number of fused-ring (bicyclic) bond motifs is 5. The van der Waals surface area contributed by atoms with Crippen LogP contribution in [0.15, 0.2) is 11.6 Å². The fraction of sp³-hybridized carbons (Fsp3) is 0.871. The first kappa shape index (κ1) is 28.1. The highest BCUT2D eigenvalue weighted by molar-refractivity contribution is 6.17. The molecular weight excluding hydrogens is 472 g/mol. The van der Waals surface area contributed by atoms with Gasteiger partial charge in [0.2, 0.25) is 0 Å². The number of hydrogen-bond acceptors (Lipinski definition) is 4. The Morgan fingerprint density at radius 3 is 2.31 bits per heavy atom. The van der Waals surface area contributed by atoms with E-state index in [2.05, 4.69) is 20.8 Å². The van der Waals surface area contributed by atoms with E-state index in [0.29, 0.717) is 24.2 Å². The van der Waals surface area contributed by atoms with Crippen LogP contribution in [0.1, 0.15) is 118 Å². The van der Waals surface area contributed by atoms with Gasteiger partial charge in [-0.05, 0) is 92.6 Å². The van der Waals surface area contributed by atoms with Crippen LogP contribution in [0.25, 0.3) is 0 Å². The number of esters is 1. The van der Waals surface area contributed by atoms with E-state index in [4.69, 9.17) is 16.3 Å². The van der Waals surface area contributed by atoms with Gasteiger partial charge in [0.15, 0.2) is 5.78 Å². The maximum atomic E-state index is 12.5. The number of ketones is 1. The van der Waals surface area contributed by atoms with Gasteiger partial charge in [0.05, 0.1) is 6.10 Å². The Balaban J connectivity index is 1.56. The predicted molar refractivity (Wildman–Crippen MR) is 145 cm³/mol. The van der Waals surface area contributed by atoms with Crippen LogP contribution in [0, 0.1) is 34.5 Å². The quantitative estimate of drug-likeness (QED) is 0.185. The zero-order valence-electron chi connectivity index (χ0n) is 23.1. The van der Waals surface area contributed by atoms with E-state index in [-0.39, 0.29) is 28.5 Å². The first-order valence-electron chi connectivity index (χ1n) is 14.8. The van der Waals surface area contributed by atoms with Crippen molar-refractivity contribution in [2.75, 3.05) is 5.88 Å². The Bertz CT molecular complexity index is 854. The van der Waals surface area contributed by atoms with E-state index in [1.54, 1.807) is 0 Å². The van der Waals surface area contributed by atoms with Gasteiger partial charge in [0, 0.05) is 24.6 Å². The molecule has 4 rings (SSSR count). The molecule has 0 aromatic heterocycles. The Labute approximate surface area is 224 Å². The summed E-state index contributed by atoms with van der Waals surface area (Å²) in [6.07, 6.45) is 16.2. The van der Waals surface area contributed by atoms with Crippen molar-refractivity contribution in [3.05, 3.63) is 11.6 Å². The molecule has 36 heavy (non-hydrogen) atoms. The first-order chi connectivity index (χ1) is 17.1. The molecule has 0 bridgehead atoms. The number of hydrogen-bond donors (Lipinski definition) is 1. The number of aliphatic hydroxyl groups is 1. The minimum Gasteiger partial charge on any atom is -0.459 e. The molecular formula is C31H49ClO4. The Kier molecular flexibility index (Phi) is 8.67. The average Bonchev–Trinajstić information content (AvgIpc) is 3.08. The zero-order chi connectivity index (χ0) is 26.1. The highest BCUT2D eigenvalue weighted by Crippen LogP contribution is 2.69. The fourth-order valence-electron chi connectivity index (χ4n) is 9.16. The van der Waals surface area contributed by atoms with Crippen molar-refractivity contribution >= 4 is 23.4 Å². The van der Waals surface area contributed by atoms with Crippen LogP contribution >= 0.6 is 11.6 Å². The van der Waals surface area contributed by atoms with Crippen molar-refractivity contribution in [3.63, 3.8) is 0 Å². The Morgan fingerprint density at radius 1 is 1.00 bits per heavy atom. The molecule has 3 unspecified atom stereocenters. The topological polar surface area (TPSA) is 63.6 Å². The zero-order valence-corrected chi connectivity index (χ0v) is 23.9. The summed E-state index contributed by atoms with van der Waals surface area (Å²) in [5, 5.41) is 11.8. The maximum absolute atomic E-state index is 12.5. The highest BCUT2D eigenvalue weighted by Gasteiger charge is 2.67. The van der Waals surface area contributed by atoms with Crippen LogP contribution < -0.4 is 0 Å². The monoisotopic (exact) mass is 520 g/mol. The second-order valence-electron chi connectivity index (χ2n) is 13.2. The molecule has 5 heteroatoms. The molecule has 1 N–H and O–H groups in total.